The van der Waals surface area contributed by atoms with E-state index in [-0.39, 0.29) is 61.8 Å². The number of ether oxygens (including phenoxy) is 2. The summed E-state index contributed by atoms with van der Waals surface area (Å²) in [5.41, 5.74) is 5.87. The number of thioether (sulfide) groups is 1. The van der Waals surface area contributed by atoms with E-state index in [1.165, 1.54) is 37.4 Å². The number of anilines is 2. The molecule has 55 nitrogen and oxygen atoms in total. The zero-order chi connectivity index (χ0) is 100. The van der Waals surface area contributed by atoms with E-state index in [4.69, 9.17) is 15.2 Å². The van der Waals surface area contributed by atoms with Crippen LogP contribution in [0.5, 0.6) is 0 Å². The summed E-state index contributed by atoms with van der Waals surface area (Å²) in [4.78, 5) is 246. The number of aliphatic hydroxyl groups excluding tert-OH is 15. The van der Waals surface area contributed by atoms with Crippen LogP contribution in [0.4, 0.5) is 11.6 Å². The highest BCUT2D eigenvalue weighted by Crippen LogP contribution is 2.27. The summed E-state index contributed by atoms with van der Waals surface area (Å²) in [6, 6.07) is -7.77. The number of carboxylic acid groups (broad SMARTS) is 3. The van der Waals surface area contributed by atoms with Gasteiger partial charge in [0.1, 0.15) is 91.2 Å². The number of amides is 13. The molecule has 134 heavy (non-hydrogen) atoms. The van der Waals surface area contributed by atoms with Crippen LogP contribution in [0, 0.1) is 0 Å². The predicted molar refractivity (Wildman–Crippen MR) is 458 cm³/mol. The van der Waals surface area contributed by atoms with Crippen LogP contribution in [0.25, 0.3) is 11.2 Å². The van der Waals surface area contributed by atoms with Gasteiger partial charge >= 0.3 is 17.9 Å². The average Bonchev–Trinajstić information content (AvgIpc) is 1.03. The Kier molecular flexibility index (Phi) is 50.7. The van der Waals surface area contributed by atoms with Crippen LogP contribution in [0.15, 0.2) is 35.3 Å². The minimum atomic E-state index is -2.27. The molecular formula is C78H120N18O37S. The number of H-pyrrole nitrogens is 1. The lowest BCUT2D eigenvalue weighted by atomic mass is 10.0. The number of carbonyl (C=O) groups excluding carboxylic acids is 13. The molecule has 1 saturated heterocycles. The summed E-state index contributed by atoms with van der Waals surface area (Å²) >= 11 is 0.557. The molecule has 1 aliphatic heterocycles. The maximum absolute atomic E-state index is 14.9. The lowest BCUT2D eigenvalue weighted by Crippen LogP contribution is -2.60. The number of aliphatic hydroxyl groups is 15. The number of carbonyl (C=O) groups is 16. The van der Waals surface area contributed by atoms with Crippen molar-refractivity contribution < 1.29 is 178 Å². The van der Waals surface area contributed by atoms with Gasteiger partial charge in [0.2, 0.25) is 76.8 Å². The fraction of sp³-hybridized carbons (Fsp3) is 0.641. The number of nitrogens with one attached hydrogen (secondary N) is 13. The number of benzene rings is 1. The van der Waals surface area contributed by atoms with Crippen LogP contribution in [0.1, 0.15) is 120 Å². The van der Waals surface area contributed by atoms with Gasteiger partial charge in [0.05, 0.1) is 81.6 Å². The Morgan fingerprint density at radius 2 is 0.896 bits per heavy atom. The molecule has 2 aromatic heterocycles. The number of nitrogens with two attached hydrogens (primary N) is 1. The third kappa shape index (κ3) is 40.3. The van der Waals surface area contributed by atoms with E-state index >= 15 is 0 Å². The van der Waals surface area contributed by atoms with Gasteiger partial charge in [-0.2, -0.15) is 4.98 Å². The molecule has 33 N–H and O–H groups in total. The zero-order valence-electron chi connectivity index (χ0n) is 72.8. The molecule has 3 aromatic rings. The minimum absolute atomic E-state index is 0.0130. The topological polar surface area (TPSA) is 901 Å². The number of carboxylic acids is 3. The molecule has 3 heterocycles. The molecule has 56 heteroatoms. The van der Waals surface area contributed by atoms with Gasteiger partial charge in [-0.25, -0.2) is 14.8 Å². The van der Waals surface area contributed by atoms with Gasteiger partial charge in [-0.1, -0.05) is 0 Å². The smallest absolute Gasteiger partial charge is 0.327 e. The van der Waals surface area contributed by atoms with Crippen molar-refractivity contribution >= 4 is 129 Å². The highest BCUT2D eigenvalue weighted by molar-refractivity contribution is 8.00. The molecule has 1 unspecified atom stereocenters. The van der Waals surface area contributed by atoms with E-state index in [9.17, 15) is 173 Å². The Morgan fingerprint density at radius 3 is 1.32 bits per heavy atom. The van der Waals surface area contributed by atoms with Crippen LogP contribution in [-0.4, -0.2) is 417 Å². The number of aromatic amines is 1. The molecule has 0 spiro atoms. The number of hydrogen-bond acceptors (Lipinski definition) is 40. The van der Waals surface area contributed by atoms with Crippen molar-refractivity contribution in [2.24, 2.45) is 0 Å². The lowest BCUT2D eigenvalue weighted by molar-refractivity contribution is -0.142. The Morgan fingerprint density at radius 1 is 0.493 bits per heavy atom. The predicted octanol–water partition coefficient (Wildman–Crippen LogP) is -14.1. The van der Waals surface area contributed by atoms with Gasteiger partial charge in [0.15, 0.2) is 11.2 Å². The molecule has 1 aliphatic rings. The molecule has 13 amide bonds. The molecule has 1 aromatic carbocycles. The third-order valence-corrected chi connectivity index (χ3v) is 21.5. The van der Waals surface area contributed by atoms with E-state index in [1.807, 2.05) is 0 Å². The number of hydrogen-bond donors (Lipinski definition) is 32. The van der Waals surface area contributed by atoms with Gasteiger partial charge in [0, 0.05) is 114 Å². The first-order chi connectivity index (χ1) is 63.3. The summed E-state index contributed by atoms with van der Waals surface area (Å²) in [6.45, 7) is -1.93. The normalized spacial score (nSPS) is 16.9. The van der Waals surface area contributed by atoms with Gasteiger partial charge in [-0.3, -0.25) is 86.6 Å². The summed E-state index contributed by atoms with van der Waals surface area (Å²) in [7, 11) is 0. The van der Waals surface area contributed by atoms with Gasteiger partial charge in [0.25, 0.3) is 11.5 Å². The third-order valence-electron chi connectivity index (χ3n) is 20.2. The van der Waals surface area contributed by atoms with Gasteiger partial charge in [-0.15, -0.1) is 11.8 Å². The number of fused-ring (bicyclic) bond motifs is 1. The molecule has 0 bridgehead atoms. The average molecular weight is 1930 g/mol. The first-order valence-electron chi connectivity index (χ1n) is 42.1. The van der Waals surface area contributed by atoms with Crippen molar-refractivity contribution in [3.05, 3.63) is 52.1 Å². The fourth-order valence-electron chi connectivity index (χ4n) is 12.4. The van der Waals surface area contributed by atoms with Crippen LogP contribution in [0.2, 0.25) is 0 Å². The van der Waals surface area contributed by atoms with Crippen molar-refractivity contribution in [2.75, 3.05) is 95.8 Å². The number of imide groups is 1. The van der Waals surface area contributed by atoms with Crippen LogP contribution < -0.4 is 75.1 Å². The standard InChI is InChI=1S/C78H120N18O37S/c1-3-132-24-25-133-23-21-80-56(109)20-22-96-58(111)26-52(76(96)129)134-35-45(77(130)131)93-74(127)42(11-17-55(108)84-31-48(102)64(118)67(121)51(105)34-99)90-73(126)44(13-19-60(114)115)92-71(124)41(10-16-54(107)83-30-47(101)63(117)66(120)50(104)33-98)89-72(125)43(12-18-59(112)113)91-70(123)40(9-15-53(106)82-29-46(100)62(116)65(119)49(103)32-97)88-57(110)14-4-36(2)86-69(122)37-5-7-38(8-6-37)81-27-39-28-85-68-61(87-39)75(128)95-78(79)94-68/h5-8,28,36,40-52,62-67,81,97-105,116-121H,3-4,9-27,29-35H2,1-2H3,(H,80,109)(H,82,106)(H,83,107)(H,84,108)(H,86,122)(H,88,110)(H,89,125)(H,90,126)(H,91,123)(H,92,124)(H,93,127)(H,112,113)(H,114,115)(H,130,131)(H3,79,85,94,95,128)/t36-,40+,41+,42+,43-,44-,45-,46+,47+,48+,49-,50-,51-,52?,62-,63-,64-,65-,66-,67-/m1/s1. The van der Waals surface area contributed by atoms with Crippen molar-refractivity contribution in [2.45, 2.75) is 231 Å². The quantitative estimate of drug-likeness (QED) is 0.0184. The van der Waals surface area contributed by atoms with Crippen molar-refractivity contribution in [1.29, 1.82) is 0 Å². The molecule has 750 valence electrons. The van der Waals surface area contributed by atoms with E-state index in [0.29, 0.717) is 36.4 Å². The molecule has 4 rings (SSSR count). The zero-order valence-corrected chi connectivity index (χ0v) is 73.6. The number of nitrogen functional groups attached to an aromatic ring is 1. The van der Waals surface area contributed by atoms with E-state index in [0.717, 1.165) is 4.90 Å². The van der Waals surface area contributed by atoms with Crippen LogP contribution in [0.3, 0.4) is 0 Å². The van der Waals surface area contributed by atoms with E-state index < -0.39 is 350 Å². The molecule has 0 radical (unpaired) electrons. The first-order valence-corrected chi connectivity index (χ1v) is 43.2. The lowest BCUT2D eigenvalue weighted by Gasteiger charge is -2.28. The molecular weight excluding hydrogens is 1810 g/mol. The van der Waals surface area contributed by atoms with Gasteiger partial charge < -0.3 is 171 Å². The highest BCUT2D eigenvalue weighted by Gasteiger charge is 2.42. The molecule has 1 fully saturated rings. The van der Waals surface area contributed by atoms with E-state index in [2.05, 4.69) is 83.7 Å². The number of rotatable bonds is 66. The van der Waals surface area contributed by atoms with Crippen LogP contribution >= 0.6 is 11.8 Å². The minimum Gasteiger partial charge on any atom is -0.481 e. The molecule has 0 saturated carbocycles. The summed E-state index contributed by atoms with van der Waals surface area (Å²) in [5, 5.41) is 207. The number of nitrogens with zero attached hydrogens (tertiary/aromatic N) is 4. The Bertz CT molecular complexity index is 4450. The maximum atomic E-state index is 14.9. The Hall–Kier alpha value is -11.6. The second-order valence-electron chi connectivity index (χ2n) is 30.7. The van der Waals surface area contributed by atoms with E-state index in [1.54, 1.807) is 6.92 Å². The summed E-state index contributed by atoms with van der Waals surface area (Å²) < 4.78 is 10.5. The van der Waals surface area contributed by atoms with Crippen molar-refractivity contribution in [3.8, 4) is 0 Å². The highest BCUT2D eigenvalue weighted by atomic mass is 32.2. The fourth-order valence-corrected chi connectivity index (χ4v) is 13.5. The van der Waals surface area contributed by atoms with Crippen molar-refractivity contribution in [3.63, 3.8) is 0 Å². The Balaban J connectivity index is 1.70. The Labute approximate surface area is 766 Å². The molecule has 20 atom stereocenters. The van der Waals surface area contributed by atoms with Crippen LogP contribution in [-0.2, 0) is 87.9 Å². The monoisotopic (exact) mass is 1930 g/mol. The number of aromatic nitrogens is 4. The molecule has 0 aliphatic carbocycles. The number of aliphatic carboxylic acids is 3. The second kappa shape index (κ2) is 59.2. The summed E-state index contributed by atoms with van der Waals surface area (Å²) in [5.74, 6) is -20.8. The maximum Gasteiger partial charge on any atom is 0.327 e. The largest absolute Gasteiger partial charge is 0.481 e. The van der Waals surface area contributed by atoms with Gasteiger partial charge in [-0.05, 0) is 76.6 Å². The second-order valence-corrected chi connectivity index (χ2v) is 31.9. The summed E-state index contributed by atoms with van der Waals surface area (Å²) in [6.07, 6.45) is -35.0. The number of likely N-dealkylation sites (tertiary alicyclic amines) is 1. The first kappa shape index (κ1) is 115. The van der Waals surface area contributed by atoms with Crippen molar-refractivity contribution in [1.82, 2.24) is 83.3 Å². The SMILES string of the molecule is CCOCCOCCNC(=O)CCN1C(=O)CC(SC[C@@H](NC(=O)[C@H](CCC(=O)NC[C@H](O)[C@@H](O)[C@H](O)[C@H](O)CO)NC(=O)[C@@H](CCC(=O)O)NC(=O)[C@H](CCC(=O)NC[C@H](O)[C@@H](O)[C@H](O)[C@H](O)CO)NC(=O)[C@@H](CCC(=O)O)NC(=O)[C@H](CCC(=O)NC[C@H](O)[C@@H](O)[C@H](O)[C@H](O)CO)NC(=O)CC[C@@H](C)NC(=O)c2ccc(NCc3cnc4nc(N)[nH]c(=O)c4n3)cc2)C(=O)O)C1=O.